The Balaban J connectivity index is 2.25. The third kappa shape index (κ3) is 3.45. The number of hydrogen-bond donors (Lipinski definition) is 1. The zero-order valence-corrected chi connectivity index (χ0v) is 12.8. The number of halogens is 1. The Hall–Kier alpha value is -1.67. The lowest BCUT2D eigenvalue weighted by molar-refractivity contribution is 0.415. The number of methoxy groups -OCH3 is 1. The monoisotopic (exact) mass is 289 g/mol. The third-order valence-electron chi connectivity index (χ3n) is 3.30. The molecule has 2 rings (SSSR count). The van der Waals surface area contributed by atoms with Crippen LogP contribution in [0.5, 0.6) is 5.75 Å². The van der Waals surface area contributed by atoms with Crippen molar-refractivity contribution in [3.63, 3.8) is 0 Å². The summed E-state index contributed by atoms with van der Waals surface area (Å²) in [6.45, 7) is 4.41. The highest BCUT2D eigenvalue weighted by Crippen LogP contribution is 2.31. The van der Waals surface area contributed by atoms with E-state index >= 15 is 0 Å². The van der Waals surface area contributed by atoms with E-state index in [0.717, 1.165) is 5.69 Å². The van der Waals surface area contributed by atoms with Gasteiger partial charge in [-0.15, -0.1) is 0 Å². The average molecular weight is 290 g/mol. The molecule has 0 saturated heterocycles. The molecule has 0 aliphatic heterocycles. The first kappa shape index (κ1) is 14.7. The van der Waals surface area contributed by atoms with Crippen LogP contribution in [0.25, 0.3) is 0 Å². The summed E-state index contributed by atoms with van der Waals surface area (Å²) in [4.78, 5) is 0. The zero-order valence-electron chi connectivity index (χ0n) is 12.1. The number of ether oxygens (including phenoxy) is 1. The van der Waals surface area contributed by atoms with Crippen molar-refractivity contribution in [2.45, 2.75) is 19.9 Å². The van der Waals surface area contributed by atoms with Crippen molar-refractivity contribution >= 4 is 17.3 Å². The first-order valence-corrected chi connectivity index (χ1v) is 7.14. The lowest BCUT2D eigenvalue weighted by atomic mass is 9.96. The smallest absolute Gasteiger partial charge is 0.139 e. The highest BCUT2D eigenvalue weighted by molar-refractivity contribution is 6.32. The second-order valence-electron chi connectivity index (χ2n) is 5.13. The van der Waals surface area contributed by atoms with Gasteiger partial charge < -0.3 is 10.1 Å². The van der Waals surface area contributed by atoms with E-state index in [-0.39, 0.29) is 6.04 Å². The van der Waals surface area contributed by atoms with Crippen molar-refractivity contribution in [2.75, 3.05) is 12.4 Å². The Kier molecular flexibility index (Phi) is 4.91. The summed E-state index contributed by atoms with van der Waals surface area (Å²) in [5.74, 6) is 1.16. The summed E-state index contributed by atoms with van der Waals surface area (Å²) in [7, 11) is 1.63. The van der Waals surface area contributed by atoms with Gasteiger partial charge in [-0.2, -0.15) is 0 Å². The maximum Gasteiger partial charge on any atom is 0.139 e. The van der Waals surface area contributed by atoms with E-state index in [4.69, 9.17) is 16.3 Å². The molecular formula is C17H20ClNO. The quantitative estimate of drug-likeness (QED) is 0.821. The fourth-order valence-corrected chi connectivity index (χ4v) is 2.42. The first-order valence-electron chi connectivity index (χ1n) is 6.77. The van der Waals surface area contributed by atoms with Crippen molar-refractivity contribution in [1.29, 1.82) is 0 Å². The van der Waals surface area contributed by atoms with Crippen LogP contribution in [0.1, 0.15) is 25.5 Å². The highest BCUT2D eigenvalue weighted by atomic mass is 35.5. The van der Waals surface area contributed by atoms with Gasteiger partial charge >= 0.3 is 0 Å². The number of hydrogen-bond acceptors (Lipinski definition) is 2. The van der Waals surface area contributed by atoms with E-state index in [2.05, 4.69) is 43.4 Å². The molecule has 0 saturated carbocycles. The Morgan fingerprint density at radius 1 is 1.05 bits per heavy atom. The summed E-state index contributed by atoms with van der Waals surface area (Å²) in [6, 6.07) is 16.5. The zero-order chi connectivity index (χ0) is 14.5. The van der Waals surface area contributed by atoms with Crippen molar-refractivity contribution in [2.24, 2.45) is 5.92 Å². The van der Waals surface area contributed by atoms with E-state index in [0.29, 0.717) is 16.7 Å². The molecule has 2 aromatic rings. The number of nitrogens with one attached hydrogen (secondary N) is 1. The van der Waals surface area contributed by atoms with Crippen LogP contribution in [0.4, 0.5) is 5.69 Å². The molecule has 0 heterocycles. The van der Waals surface area contributed by atoms with Gasteiger partial charge in [0.2, 0.25) is 0 Å². The van der Waals surface area contributed by atoms with Gasteiger partial charge in [-0.1, -0.05) is 55.8 Å². The van der Waals surface area contributed by atoms with Gasteiger partial charge in [0.15, 0.2) is 0 Å². The third-order valence-corrected chi connectivity index (χ3v) is 3.61. The largest absolute Gasteiger partial charge is 0.495 e. The van der Waals surface area contributed by atoms with E-state index in [9.17, 15) is 0 Å². The molecule has 0 bridgehead atoms. The minimum Gasteiger partial charge on any atom is -0.495 e. The Bertz CT molecular complexity index is 554. The van der Waals surface area contributed by atoms with Crippen molar-refractivity contribution in [3.05, 3.63) is 59.1 Å². The number of anilines is 1. The van der Waals surface area contributed by atoms with E-state index in [1.165, 1.54) is 5.56 Å². The summed E-state index contributed by atoms with van der Waals surface area (Å²) in [6.07, 6.45) is 0. The normalized spacial score (nSPS) is 12.2. The SMILES string of the molecule is COc1cc(NC(c2ccccc2)C(C)C)ccc1Cl. The summed E-state index contributed by atoms with van der Waals surface area (Å²) >= 11 is 6.06. The van der Waals surface area contributed by atoms with Crippen LogP contribution in [0.15, 0.2) is 48.5 Å². The van der Waals surface area contributed by atoms with Gasteiger partial charge in [0.05, 0.1) is 18.2 Å². The second-order valence-corrected chi connectivity index (χ2v) is 5.53. The van der Waals surface area contributed by atoms with E-state index < -0.39 is 0 Å². The molecule has 2 nitrogen and oxygen atoms in total. The minimum atomic E-state index is 0.252. The van der Waals surface area contributed by atoms with Gasteiger partial charge in [-0.05, 0) is 23.6 Å². The number of rotatable bonds is 5. The summed E-state index contributed by atoms with van der Waals surface area (Å²) in [5, 5.41) is 4.18. The predicted molar refractivity (Wildman–Crippen MR) is 85.6 cm³/mol. The van der Waals surface area contributed by atoms with Crippen LogP contribution in [0.3, 0.4) is 0 Å². The van der Waals surface area contributed by atoms with E-state index in [1.807, 2.05) is 24.3 Å². The molecule has 20 heavy (non-hydrogen) atoms. The van der Waals surface area contributed by atoms with Crippen LogP contribution in [0.2, 0.25) is 5.02 Å². The van der Waals surface area contributed by atoms with Gasteiger partial charge in [-0.25, -0.2) is 0 Å². The molecule has 0 aromatic heterocycles. The summed E-state index contributed by atoms with van der Waals surface area (Å²) < 4.78 is 5.26. The summed E-state index contributed by atoms with van der Waals surface area (Å²) in [5.41, 5.74) is 2.28. The lowest BCUT2D eigenvalue weighted by Crippen LogP contribution is -2.16. The van der Waals surface area contributed by atoms with Crippen LogP contribution in [-0.2, 0) is 0 Å². The molecule has 2 aromatic carbocycles. The van der Waals surface area contributed by atoms with Crippen molar-refractivity contribution in [1.82, 2.24) is 0 Å². The van der Waals surface area contributed by atoms with Crippen LogP contribution < -0.4 is 10.1 Å². The van der Waals surface area contributed by atoms with Crippen molar-refractivity contribution < 1.29 is 4.74 Å². The van der Waals surface area contributed by atoms with Crippen LogP contribution >= 0.6 is 11.6 Å². The maximum absolute atomic E-state index is 6.06. The lowest BCUT2D eigenvalue weighted by Gasteiger charge is -2.24. The molecule has 1 atom stereocenters. The van der Waals surface area contributed by atoms with E-state index in [1.54, 1.807) is 7.11 Å². The maximum atomic E-state index is 6.06. The Morgan fingerprint density at radius 2 is 1.75 bits per heavy atom. The topological polar surface area (TPSA) is 21.3 Å². The highest BCUT2D eigenvalue weighted by Gasteiger charge is 2.15. The average Bonchev–Trinajstić information content (AvgIpc) is 2.47. The molecule has 0 aliphatic rings. The predicted octanol–water partition coefficient (Wildman–Crippen LogP) is 5.16. The molecule has 0 fully saturated rings. The molecule has 106 valence electrons. The second kappa shape index (κ2) is 6.67. The van der Waals surface area contributed by atoms with Crippen LogP contribution in [0, 0.1) is 5.92 Å². The molecule has 0 amide bonds. The van der Waals surface area contributed by atoms with Gasteiger partial charge in [0.25, 0.3) is 0 Å². The van der Waals surface area contributed by atoms with Gasteiger partial charge in [0.1, 0.15) is 5.75 Å². The number of benzene rings is 2. The molecular weight excluding hydrogens is 270 g/mol. The van der Waals surface area contributed by atoms with Crippen molar-refractivity contribution in [3.8, 4) is 5.75 Å². The first-order chi connectivity index (χ1) is 9.61. The molecule has 3 heteroatoms. The standard InChI is InChI=1S/C17H20ClNO/c1-12(2)17(13-7-5-4-6-8-13)19-14-9-10-15(18)16(11-14)20-3/h4-12,17,19H,1-3H3. The molecule has 1 N–H and O–H groups in total. The van der Waals surface area contributed by atoms with Crippen LogP contribution in [-0.4, -0.2) is 7.11 Å². The van der Waals surface area contributed by atoms with Gasteiger partial charge in [0, 0.05) is 11.8 Å². The van der Waals surface area contributed by atoms with Gasteiger partial charge in [-0.3, -0.25) is 0 Å². The minimum absolute atomic E-state index is 0.252. The molecule has 1 unspecified atom stereocenters. The Morgan fingerprint density at radius 3 is 2.35 bits per heavy atom. The molecule has 0 radical (unpaired) electrons. The molecule has 0 aliphatic carbocycles. The fourth-order valence-electron chi connectivity index (χ4n) is 2.22. The fraction of sp³-hybridized carbons (Fsp3) is 0.294. The Labute approximate surface area is 125 Å². The molecule has 0 spiro atoms.